The first-order valence-corrected chi connectivity index (χ1v) is 12.4. The highest BCUT2D eigenvalue weighted by atomic mass is 35.5. The first-order valence-electron chi connectivity index (χ1n) is 12.0. The van der Waals surface area contributed by atoms with Crippen molar-refractivity contribution in [1.82, 2.24) is 24.7 Å². The SMILES string of the molecule is CN(Cc1ccccc1)C(=O)c1ncn2c1C(=O)N(C1CC1)C(C)(C(=O)NCc1ccccc1Cl)C2. The van der Waals surface area contributed by atoms with E-state index in [2.05, 4.69) is 10.3 Å². The van der Waals surface area contributed by atoms with E-state index in [1.807, 2.05) is 48.5 Å². The van der Waals surface area contributed by atoms with Gasteiger partial charge in [0.15, 0.2) is 5.69 Å². The maximum atomic E-state index is 13.8. The molecule has 186 valence electrons. The Bertz CT molecular complexity index is 1320. The van der Waals surface area contributed by atoms with Crippen molar-refractivity contribution < 1.29 is 14.4 Å². The summed E-state index contributed by atoms with van der Waals surface area (Å²) in [6.07, 6.45) is 3.13. The molecule has 1 aliphatic carbocycles. The minimum absolute atomic E-state index is 0.0396. The third-order valence-electron chi connectivity index (χ3n) is 6.88. The fourth-order valence-corrected chi connectivity index (χ4v) is 5.03. The van der Waals surface area contributed by atoms with E-state index in [1.54, 1.807) is 34.4 Å². The molecule has 1 aromatic heterocycles. The fraction of sp³-hybridized carbons (Fsp3) is 0.333. The second kappa shape index (κ2) is 9.43. The minimum Gasteiger partial charge on any atom is -0.350 e. The number of hydrogen-bond acceptors (Lipinski definition) is 4. The number of rotatable bonds is 7. The van der Waals surface area contributed by atoms with Gasteiger partial charge in [-0.1, -0.05) is 60.1 Å². The molecule has 0 spiro atoms. The van der Waals surface area contributed by atoms with Crippen LogP contribution >= 0.6 is 11.6 Å². The summed E-state index contributed by atoms with van der Waals surface area (Å²) in [4.78, 5) is 48.1. The Morgan fingerprint density at radius 1 is 1.14 bits per heavy atom. The van der Waals surface area contributed by atoms with Crippen LogP contribution in [0.3, 0.4) is 0 Å². The highest BCUT2D eigenvalue weighted by Crippen LogP contribution is 2.39. The highest BCUT2D eigenvalue weighted by molar-refractivity contribution is 6.31. The summed E-state index contributed by atoms with van der Waals surface area (Å²) in [7, 11) is 1.69. The maximum Gasteiger partial charge on any atom is 0.274 e. The second-order valence-electron chi connectivity index (χ2n) is 9.67. The second-order valence-corrected chi connectivity index (χ2v) is 10.1. The van der Waals surface area contributed by atoms with Crippen LogP contribution in [-0.2, 0) is 24.4 Å². The van der Waals surface area contributed by atoms with Gasteiger partial charge in [-0.25, -0.2) is 4.98 Å². The molecular weight excluding hydrogens is 478 g/mol. The molecule has 0 radical (unpaired) electrons. The standard InChI is InChI=1S/C27H28ClN5O3/c1-27(26(36)29-14-19-10-6-7-11-21(19)28)16-32-17-30-22(23(32)25(35)33(27)20-12-13-20)24(34)31(2)15-18-8-4-3-5-9-18/h3-11,17,20H,12-16H2,1-2H3,(H,29,36). The lowest BCUT2D eigenvalue weighted by atomic mass is 9.93. The zero-order valence-electron chi connectivity index (χ0n) is 20.3. The van der Waals surface area contributed by atoms with Crippen LogP contribution in [0, 0.1) is 0 Å². The van der Waals surface area contributed by atoms with Crippen molar-refractivity contribution >= 4 is 29.3 Å². The molecule has 2 heterocycles. The largest absolute Gasteiger partial charge is 0.350 e. The van der Waals surface area contributed by atoms with E-state index in [-0.39, 0.29) is 48.2 Å². The molecule has 2 aliphatic rings. The molecule has 1 saturated carbocycles. The Kier molecular flexibility index (Phi) is 6.30. The molecule has 2 aromatic carbocycles. The first-order chi connectivity index (χ1) is 17.3. The van der Waals surface area contributed by atoms with E-state index in [1.165, 1.54) is 6.33 Å². The number of carbonyl (C=O) groups is 3. The van der Waals surface area contributed by atoms with E-state index in [4.69, 9.17) is 11.6 Å². The highest BCUT2D eigenvalue weighted by Gasteiger charge is 2.53. The van der Waals surface area contributed by atoms with E-state index in [0.717, 1.165) is 24.0 Å². The lowest BCUT2D eigenvalue weighted by molar-refractivity contribution is -0.133. The first kappa shape index (κ1) is 24.1. The average molecular weight is 506 g/mol. The molecule has 0 saturated heterocycles. The number of hydrogen-bond donors (Lipinski definition) is 1. The molecule has 36 heavy (non-hydrogen) atoms. The van der Waals surface area contributed by atoms with Crippen LogP contribution in [-0.4, -0.2) is 55.7 Å². The summed E-state index contributed by atoms with van der Waals surface area (Å²) in [6.45, 7) is 2.64. The summed E-state index contributed by atoms with van der Waals surface area (Å²) in [6, 6.07) is 16.9. The molecule has 3 amide bonds. The van der Waals surface area contributed by atoms with Gasteiger partial charge >= 0.3 is 0 Å². The summed E-state index contributed by atoms with van der Waals surface area (Å²) in [5.74, 6) is -0.937. The predicted octanol–water partition coefficient (Wildman–Crippen LogP) is 3.50. The number of benzene rings is 2. The van der Waals surface area contributed by atoms with Gasteiger partial charge in [-0.2, -0.15) is 0 Å². The van der Waals surface area contributed by atoms with E-state index in [0.29, 0.717) is 11.6 Å². The van der Waals surface area contributed by atoms with Gasteiger partial charge in [0.1, 0.15) is 11.2 Å². The van der Waals surface area contributed by atoms with Crippen molar-refractivity contribution in [3.05, 3.63) is 88.5 Å². The van der Waals surface area contributed by atoms with E-state index < -0.39 is 5.54 Å². The van der Waals surface area contributed by atoms with Gasteiger partial charge in [-0.3, -0.25) is 14.4 Å². The summed E-state index contributed by atoms with van der Waals surface area (Å²) < 4.78 is 1.64. The third-order valence-corrected chi connectivity index (χ3v) is 7.25. The predicted molar refractivity (Wildman–Crippen MR) is 135 cm³/mol. The van der Waals surface area contributed by atoms with Crippen molar-refractivity contribution in [2.45, 2.75) is 51.0 Å². The third kappa shape index (κ3) is 4.37. The van der Waals surface area contributed by atoms with Crippen LogP contribution in [0.1, 0.15) is 51.9 Å². The molecule has 1 fully saturated rings. The topological polar surface area (TPSA) is 87.5 Å². The molecule has 0 bridgehead atoms. The van der Waals surface area contributed by atoms with Crippen LogP contribution in [0.25, 0.3) is 0 Å². The number of aromatic nitrogens is 2. The van der Waals surface area contributed by atoms with Gasteiger partial charge < -0.3 is 19.7 Å². The zero-order valence-corrected chi connectivity index (χ0v) is 21.0. The van der Waals surface area contributed by atoms with E-state index in [9.17, 15) is 14.4 Å². The van der Waals surface area contributed by atoms with Crippen LogP contribution in [0.2, 0.25) is 5.02 Å². The van der Waals surface area contributed by atoms with E-state index >= 15 is 0 Å². The minimum atomic E-state index is -1.12. The lowest BCUT2D eigenvalue weighted by Gasteiger charge is -2.44. The van der Waals surface area contributed by atoms with Gasteiger partial charge in [0.25, 0.3) is 11.8 Å². The maximum absolute atomic E-state index is 13.8. The van der Waals surface area contributed by atoms with Gasteiger partial charge in [0, 0.05) is 31.2 Å². The fourth-order valence-electron chi connectivity index (χ4n) is 4.83. The van der Waals surface area contributed by atoms with Gasteiger partial charge in [0.2, 0.25) is 5.91 Å². The van der Waals surface area contributed by atoms with Gasteiger partial charge in [-0.15, -0.1) is 0 Å². The van der Waals surface area contributed by atoms with Crippen LogP contribution < -0.4 is 5.32 Å². The number of halogens is 1. The number of nitrogens with one attached hydrogen (secondary N) is 1. The quantitative estimate of drug-likeness (QED) is 0.532. The molecule has 1 N–H and O–H groups in total. The molecule has 8 nitrogen and oxygen atoms in total. The van der Waals surface area contributed by atoms with Crippen LogP contribution in [0.4, 0.5) is 0 Å². The number of nitrogens with zero attached hydrogens (tertiary/aromatic N) is 4. The molecular formula is C27H28ClN5O3. The molecule has 1 atom stereocenters. The lowest BCUT2D eigenvalue weighted by Crippen LogP contribution is -2.64. The molecule has 3 aromatic rings. The summed E-state index contributed by atoms with van der Waals surface area (Å²) >= 11 is 6.25. The normalized spacial score (nSPS) is 19.1. The smallest absolute Gasteiger partial charge is 0.274 e. The molecule has 5 rings (SSSR count). The summed E-state index contributed by atoms with van der Waals surface area (Å²) in [5.41, 5.74) is 1.01. The molecule has 1 unspecified atom stereocenters. The van der Waals surface area contributed by atoms with Crippen LogP contribution in [0.5, 0.6) is 0 Å². The monoisotopic (exact) mass is 505 g/mol. The summed E-state index contributed by atoms with van der Waals surface area (Å²) in [5, 5.41) is 3.53. The van der Waals surface area contributed by atoms with Crippen molar-refractivity contribution in [2.24, 2.45) is 0 Å². The van der Waals surface area contributed by atoms with Crippen molar-refractivity contribution in [3.63, 3.8) is 0 Å². The Morgan fingerprint density at radius 2 is 1.83 bits per heavy atom. The van der Waals surface area contributed by atoms with Gasteiger partial charge in [-0.05, 0) is 37.0 Å². The number of imidazole rings is 1. The number of fused-ring (bicyclic) bond motifs is 1. The molecule has 9 heteroatoms. The zero-order chi connectivity index (χ0) is 25.4. The van der Waals surface area contributed by atoms with Crippen molar-refractivity contribution in [1.29, 1.82) is 0 Å². The molecule has 1 aliphatic heterocycles. The Morgan fingerprint density at radius 3 is 2.53 bits per heavy atom. The Hall–Kier alpha value is -3.65. The van der Waals surface area contributed by atoms with Crippen molar-refractivity contribution in [2.75, 3.05) is 7.05 Å². The van der Waals surface area contributed by atoms with Crippen LogP contribution in [0.15, 0.2) is 60.9 Å². The Balaban J connectivity index is 1.40. The number of amides is 3. The Labute approximate surface area is 214 Å². The average Bonchev–Trinajstić information content (AvgIpc) is 3.61. The number of carbonyl (C=O) groups excluding carboxylic acids is 3. The van der Waals surface area contributed by atoms with Gasteiger partial charge in [0.05, 0.1) is 12.9 Å². The van der Waals surface area contributed by atoms with Crippen molar-refractivity contribution in [3.8, 4) is 0 Å².